The lowest BCUT2D eigenvalue weighted by Gasteiger charge is -2.28. The number of carbonyl (C=O) groups excluding carboxylic acids is 1. The quantitative estimate of drug-likeness (QED) is 0.614. The Hall–Kier alpha value is -1.75. The summed E-state index contributed by atoms with van der Waals surface area (Å²) in [6.45, 7) is 1.65. The molecule has 1 aromatic carbocycles. The maximum Gasteiger partial charge on any atom is 0.242 e. The minimum atomic E-state index is -1.07. The van der Waals surface area contributed by atoms with E-state index in [0.29, 0.717) is 5.56 Å². The van der Waals surface area contributed by atoms with E-state index in [2.05, 4.69) is 5.32 Å². The first-order valence-electron chi connectivity index (χ1n) is 5.53. The Labute approximate surface area is 99.3 Å². The Morgan fingerprint density at radius 3 is 2.29 bits per heavy atom. The van der Waals surface area contributed by atoms with E-state index < -0.39 is 11.4 Å². The first-order valence-corrected chi connectivity index (χ1v) is 5.53. The van der Waals surface area contributed by atoms with E-state index in [-0.39, 0.29) is 17.5 Å². The maximum atomic E-state index is 11.6. The van der Waals surface area contributed by atoms with Gasteiger partial charge in [0.15, 0.2) is 0 Å². The molecule has 0 aliphatic heterocycles. The molecule has 17 heavy (non-hydrogen) atoms. The van der Waals surface area contributed by atoms with Crippen molar-refractivity contribution >= 4 is 5.91 Å². The summed E-state index contributed by atoms with van der Waals surface area (Å²) in [6.07, 6.45) is 2.02. The molecule has 1 fully saturated rings. The number of hydrogen-bond donors (Lipinski definition) is 4. The van der Waals surface area contributed by atoms with Gasteiger partial charge in [0.2, 0.25) is 5.91 Å². The molecule has 0 heterocycles. The lowest BCUT2D eigenvalue weighted by atomic mass is 9.90. The van der Waals surface area contributed by atoms with Gasteiger partial charge >= 0.3 is 0 Å². The molecule has 1 aliphatic carbocycles. The number of rotatable bonds is 4. The standard InChI is InChI=1S/C12H16N2O3/c1-12(11(13)17,14-8-2-3-8)7-4-9(15)6-10(16)5-7/h4-6,8,14-16H,2-3H2,1H3,(H2,13,17). The summed E-state index contributed by atoms with van der Waals surface area (Å²) in [4.78, 5) is 11.6. The number of benzene rings is 1. The van der Waals surface area contributed by atoms with Gasteiger partial charge in [-0.1, -0.05) is 0 Å². The van der Waals surface area contributed by atoms with Crippen LogP contribution < -0.4 is 11.1 Å². The van der Waals surface area contributed by atoms with Crippen LogP contribution in [0.1, 0.15) is 25.3 Å². The molecular weight excluding hydrogens is 220 g/mol. The molecule has 1 saturated carbocycles. The predicted octanol–water partition coefficient (Wildman–Crippen LogP) is 0.550. The molecule has 1 amide bonds. The summed E-state index contributed by atoms with van der Waals surface area (Å²) in [5.41, 5.74) is 4.81. The van der Waals surface area contributed by atoms with Gasteiger partial charge < -0.3 is 15.9 Å². The van der Waals surface area contributed by atoms with Crippen LogP contribution in [-0.2, 0) is 10.3 Å². The minimum absolute atomic E-state index is 0.0925. The lowest BCUT2D eigenvalue weighted by Crippen LogP contribution is -2.51. The van der Waals surface area contributed by atoms with Crippen molar-refractivity contribution < 1.29 is 15.0 Å². The predicted molar refractivity (Wildman–Crippen MR) is 62.5 cm³/mol. The van der Waals surface area contributed by atoms with Crippen LogP contribution in [0.4, 0.5) is 0 Å². The Morgan fingerprint density at radius 1 is 1.35 bits per heavy atom. The molecule has 0 spiro atoms. The molecule has 0 bridgehead atoms. The van der Waals surface area contributed by atoms with E-state index in [1.165, 1.54) is 18.2 Å². The first-order chi connectivity index (χ1) is 7.91. The van der Waals surface area contributed by atoms with Crippen LogP contribution in [0.25, 0.3) is 0 Å². The molecule has 0 aromatic heterocycles. The van der Waals surface area contributed by atoms with Crippen LogP contribution in [0.2, 0.25) is 0 Å². The number of phenols is 2. The summed E-state index contributed by atoms with van der Waals surface area (Å²) >= 11 is 0. The third-order valence-electron chi connectivity index (χ3n) is 3.04. The van der Waals surface area contributed by atoms with E-state index in [4.69, 9.17) is 5.73 Å². The number of amides is 1. The zero-order chi connectivity index (χ0) is 12.6. The van der Waals surface area contributed by atoms with Gasteiger partial charge in [-0.05, 0) is 37.5 Å². The van der Waals surface area contributed by atoms with Crippen molar-refractivity contribution in [2.75, 3.05) is 0 Å². The Kier molecular flexibility index (Phi) is 2.71. The van der Waals surface area contributed by atoms with E-state index in [1.807, 2.05) is 0 Å². The number of nitrogens with two attached hydrogens (primary N) is 1. The van der Waals surface area contributed by atoms with E-state index in [0.717, 1.165) is 12.8 Å². The number of primary amides is 1. The zero-order valence-corrected chi connectivity index (χ0v) is 9.60. The number of nitrogens with one attached hydrogen (secondary N) is 1. The van der Waals surface area contributed by atoms with E-state index in [1.54, 1.807) is 6.92 Å². The van der Waals surface area contributed by atoms with Gasteiger partial charge in [-0.15, -0.1) is 0 Å². The van der Waals surface area contributed by atoms with Gasteiger partial charge in [-0.25, -0.2) is 0 Å². The Bertz CT molecular complexity index is 437. The fraction of sp³-hybridized carbons (Fsp3) is 0.417. The number of carbonyl (C=O) groups is 1. The topological polar surface area (TPSA) is 95.6 Å². The van der Waals surface area contributed by atoms with Crippen LogP contribution in [0.5, 0.6) is 11.5 Å². The summed E-state index contributed by atoms with van der Waals surface area (Å²) in [6, 6.07) is 4.35. The summed E-state index contributed by atoms with van der Waals surface area (Å²) in [7, 11) is 0. The highest BCUT2D eigenvalue weighted by atomic mass is 16.3. The molecule has 5 nitrogen and oxygen atoms in total. The lowest BCUT2D eigenvalue weighted by molar-refractivity contribution is -0.124. The highest BCUT2D eigenvalue weighted by molar-refractivity contribution is 5.86. The average molecular weight is 236 g/mol. The van der Waals surface area contributed by atoms with Gasteiger partial charge in [0.25, 0.3) is 0 Å². The van der Waals surface area contributed by atoms with Crippen LogP contribution in [-0.4, -0.2) is 22.2 Å². The summed E-state index contributed by atoms with van der Waals surface area (Å²) in [5.74, 6) is -0.718. The monoisotopic (exact) mass is 236 g/mol. The second-order valence-corrected chi connectivity index (χ2v) is 4.65. The van der Waals surface area contributed by atoms with Crippen LogP contribution in [0.15, 0.2) is 18.2 Å². The summed E-state index contributed by atoms with van der Waals surface area (Å²) < 4.78 is 0. The van der Waals surface area contributed by atoms with Crippen molar-refractivity contribution in [3.63, 3.8) is 0 Å². The maximum absolute atomic E-state index is 11.6. The molecule has 1 atom stereocenters. The van der Waals surface area contributed by atoms with E-state index in [9.17, 15) is 15.0 Å². The first kappa shape index (κ1) is 11.7. The highest BCUT2D eigenvalue weighted by Crippen LogP contribution is 2.32. The van der Waals surface area contributed by atoms with Crippen LogP contribution in [0.3, 0.4) is 0 Å². The van der Waals surface area contributed by atoms with Crippen molar-refractivity contribution in [3.8, 4) is 11.5 Å². The molecule has 5 heteroatoms. The van der Waals surface area contributed by atoms with Gasteiger partial charge in [0, 0.05) is 12.1 Å². The number of aromatic hydroxyl groups is 2. The normalized spacial score (nSPS) is 18.6. The number of phenolic OH excluding ortho intramolecular Hbond substituents is 2. The van der Waals surface area contributed by atoms with Crippen LogP contribution >= 0.6 is 0 Å². The van der Waals surface area contributed by atoms with Crippen molar-refractivity contribution in [1.29, 1.82) is 0 Å². The third kappa shape index (κ3) is 2.34. The average Bonchev–Trinajstić information content (AvgIpc) is 2.99. The van der Waals surface area contributed by atoms with Gasteiger partial charge in [-0.2, -0.15) is 0 Å². The van der Waals surface area contributed by atoms with Crippen molar-refractivity contribution in [2.24, 2.45) is 5.73 Å². The van der Waals surface area contributed by atoms with Gasteiger partial charge in [-0.3, -0.25) is 10.1 Å². The molecule has 0 saturated heterocycles. The van der Waals surface area contributed by atoms with Gasteiger partial charge in [0.1, 0.15) is 17.0 Å². The Morgan fingerprint density at radius 2 is 1.88 bits per heavy atom. The smallest absolute Gasteiger partial charge is 0.242 e. The SMILES string of the molecule is CC(NC1CC1)(C(N)=O)c1cc(O)cc(O)c1. The summed E-state index contributed by atoms with van der Waals surface area (Å²) in [5, 5.41) is 22.0. The molecule has 0 radical (unpaired) electrons. The minimum Gasteiger partial charge on any atom is -0.508 e. The van der Waals surface area contributed by atoms with Crippen LogP contribution in [0, 0.1) is 0 Å². The molecular formula is C12H16N2O3. The molecule has 1 aliphatic rings. The highest BCUT2D eigenvalue weighted by Gasteiger charge is 2.38. The third-order valence-corrected chi connectivity index (χ3v) is 3.04. The second kappa shape index (κ2) is 3.92. The zero-order valence-electron chi connectivity index (χ0n) is 9.60. The van der Waals surface area contributed by atoms with Crippen molar-refractivity contribution in [3.05, 3.63) is 23.8 Å². The van der Waals surface area contributed by atoms with Crippen molar-refractivity contribution in [2.45, 2.75) is 31.3 Å². The number of hydrogen-bond acceptors (Lipinski definition) is 4. The fourth-order valence-electron chi connectivity index (χ4n) is 1.82. The fourth-order valence-corrected chi connectivity index (χ4v) is 1.82. The molecule has 92 valence electrons. The molecule has 5 N–H and O–H groups in total. The molecule has 1 aromatic rings. The molecule has 2 rings (SSSR count). The second-order valence-electron chi connectivity index (χ2n) is 4.65. The molecule has 1 unspecified atom stereocenters. The van der Waals surface area contributed by atoms with E-state index >= 15 is 0 Å². The van der Waals surface area contributed by atoms with Crippen molar-refractivity contribution in [1.82, 2.24) is 5.32 Å². The Balaban J connectivity index is 2.40. The van der Waals surface area contributed by atoms with Gasteiger partial charge in [0.05, 0.1) is 0 Å². The largest absolute Gasteiger partial charge is 0.508 e.